The lowest BCUT2D eigenvalue weighted by atomic mass is 9.80. The van der Waals surface area contributed by atoms with Gasteiger partial charge in [0.2, 0.25) is 11.2 Å². The van der Waals surface area contributed by atoms with Crippen LogP contribution in [-0.4, -0.2) is 36.1 Å². The van der Waals surface area contributed by atoms with E-state index >= 15 is 0 Å². The molecule has 1 aliphatic heterocycles. The highest BCUT2D eigenvalue weighted by Crippen LogP contribution is 2.39. The van der Waals surface area contributed by atoms with Gasteiger partial charge >= 0.3 is 0 Å². The Morgan fingerprint density at radius 2 is 1.75 bits per heavy atom. The molecule has 3 aromatic rings. The molecule has 1 aliphatic rings. The molecule has 0 atom stereocenters. The number of benzene rings is 2. The number of rotatable bonds is 7. The second-order valence-electron chi connectivity index (χ2n) is 8.85. The standard InChI is InChI=1S/C26H29N2O3S/c1-26(2)22-12-5-7-14-24(22)27(3)25(26)15-8-10-20-16-18-28(17-9-19-32(29,30)31)23-13-6-4-11-21(20)23/h4-8,10-14,16,18H,9,15,17,19H2,1-3H3/q+1/b10-8+. The number of aromatic nitrogens is 1. The maximum Gasteiger partial charge on any atom is 0.213 e. The van der Waals surface area contributed by atoms with E-state index in [-0.39, 0.29) is 11.2 Å². The number of pyridine rings is 1. The summed E-state index contributed by atoms with van der Waals surface area (Å²) >= 11 is 0. The Morgan fingerprint density at radius 3 is 2.50 bits per heavy atom. The van der Waals surface area contributed by atoms with Gasteiger partial charge in [-0.2, -0.15) is 4.57 Å². The second kappa shape index (κ2) is 8.60. The number of allylic oxidation sites excluding steroid dienone is 1. The molecule has 6 heteroatoms. The molecule has 0 radical (unpaired) electrons. The highest BCUT2D eigenvalue weighted by molar-refractivity contribution is 7.85. The Morgan fingerprint density at radius 1 is 1.03 bits per heavy atom. The van der Waals surface area contributed by atoms with Gasteiger partial charge in [-0.25, -0.2) is 13.0 Å². The van der Waals surface area contributed by atoms with Crippen molar-refractivity contribution in [1.29, 1.82) is 0 Å². The molecular weight excluding hydrogens is 420 g/mol. The van der Waals surface area contributed by atoms with E-state index in [0.29, 0.717) is 13.0 Å². The van der Waals surface area contributed by atoms with Crippen LogP contribution in [0.5, 0.6) is 0 Å². The summed E-state index contributed by atoms with van der Waals surface area (Å²) in [6, 6.07) is 18.7. The molecule has 0 N–H and O–H groups in total. The molecular formula is C26H29N2O3S+. The van der Waals surface area contributed by atoms with E-state index in [1.807, 2.05) is 35.0 Å². The smallest absolute Gasteiger partial charge is 0.213 e. The van der Waals surface area contributed by atoms with Gasteiger partial charge in [0, 0.05) is 42.4 Å². The van der Waals surface area contributed by atoms with E-state index in [1.54, 1.807) is 0 Å². The predicted molar refractivity (Wildman–Crippen MR) is 127 cm³/mol. The zero-order chi connectivity index (χ0) is 22.9. The third-order valence-electron chi connectivity index (χ3n) is 6.43. The lowest BCUT2D eigenvalue weighted by molar-refractivity contribution is -0.671. The molecule has 0 aliphatic carbocycles. The molecule has 2 aromatic carbocycles. The fourth-order valence-corrected chi connectivity index (χ4v) is 5.25. The Kier molecular flexibility index (Phi) is 6.01. The molecule has 0 bridgehead atoms. The monoisotopic (exact) mass is 449 g/mol. The van der Waals surface area contributed by atoms with Gasteiger partial charge in [-0.05, 0) is 25.5 Å². The van der Waals surface area contributed by atoms with Crippen LogP contribution >= 0.6 is 0 Å². The van der Waals surface area contributed by atoms with E-state index in [2.05, 4.69) is 68.0 Å². The van der Waals surface area contributed by atoms with Gasteiger partial charge in [0.25, 0.3) is 0 Å². The van der Waals surface area contributed by atoms with Gasteiger partial charge in [0.15, 0.2) is 11.9 Å². The maximum atomic E-state index is 10.9. The molecule has 0 fully saturated rings. The molecule has 166 valence electrons. The Balaban J connectivity index is 1.58. The van der Waals surface area contributed by atoms with Gasteiger partial charge in [0.1, 0.15) is 13.6 Å². The van der Waals surface area contributed by atoms with Crippen molar-refractivity contribution in [3.8, 4) is 0 Å². The van der Waals surface area contributed by atoms with Crippen molar-refractivity contribution in [2.45, 2.75) is 38.6 Å². The van der Waals surface area contributed by atoms with Crippen LogP contribution in [0.1, 0.15) is 37.8 Å². The Labute approximate surface area is 190 Å². The topological polar surface area (TPSA) is 64.1 Å². The second-order valence-corrected chi connectivity index (χ2v) is 10.4. The largest absolute Gasteiger partial charge is 0.748 e. The van der Waals surface area contributed by atoms with E-state index < -0.39 is 10.1 Å². The fourth-order valence-electron chi connectivity index (χ4n) is 4.76. The minimum Gasteiger partial charge on any atom is -0.748 e. The van der Waals surface area contributed by atoms with Gasteiger partial charge in [-0.3, -0.25) is 0 Å². The van der Waals surface area contributed by atoms with Crippen LogP contribution in [0.15, 0.2) is 66.9 Å². The summed E-state index contributed by atoms with van der Waals surface area (Å²) in [6.45, 7) is 5.05. The first-order chi connectivity index (χ1) is 15.2. The zero-order valence-electron chi connectivity index (χ0n) is 18.8. The average molecular weight is 450 g/mol. The number of aryl methyl sites for hydroxylation is 1. The molecule has 0 spiro atoms. The van der Waals surface area contributed by atoms with Crippen molar-refractivity contribution < 1.29 is 22.1 Å². The van der Waals surface area contributed by atoms with E-state index in [9.17, 15) is 13.0 Å². The molecule has 0 saturated heterocycles. The number of nitrogens with zero attached hydrogens (tertiary/aromatic N) is 2. The zero-order valence-corrected chi connectivity index (χ0v) is 19.6. The average Bonchev–Trinajstić information content (AvgIpc) is 2.95. The van der Waals surface area contributed by atoms with Crippen molar-refractivity contribution in [1.82, 2.24) is 0 Å². The van der Waals surface area contributed by atoms with Crippen molar-refractivity contribution in [2.24, 2.45) is 0 Å². The van der Waals surface area contributed by atoms with Crippen molar-refractivity contribution in [3.05, 3.63) is 78.0 Å². The van der Waals surface area contributed by atoms with E-state index in [4.69, 9.17) is 0 Å². The lowest BCUT2D eigenvalue weighted by Gasteiger charge is -2.16. The summed E-state index contributed by atoms with van der Waals surface area (Å²) in [5, 5.41) is 1.10. The first-order valence-corrected chi connectivity index (χ1v) is 12.5. The van der Waals surface area contributed by atoms with E-state index in [0.717, 1.165) is 22.9 Å². The number of hydrogen-bond donors (Lipinski definition) is 0. The maximum absolute atomic E-state index is 10.9. The number of para-hydroxylation sites is 2. The predicted octanol–water partition coefficient (Wildman–Crippen LogP) is 4.17. The minimum absolute atomic E-state index is 0.0145. The molecule has 4 rings (SSSR count). The highest BCUT2D eigenvalue weighted by atomic mass is 32.2. The number of hydrogen-bond acceptors (Lipinski definition) is 3. The van der Waals surface area contributed by atoms with Crippen molar-refractivity contribution >= 4 is 38.5 Å². The van der Waals surface area contributed by atoms with Crippen LogP contribution in [0.25, 0.3) is 17.0 Å². The van der Waals surface area contributed by atoms with Crippen LogP contribution in [0.4, 0.5) is 5.69 Å². The van der Waals surface area contributed by atoms with Crippen LogP contribution < -0.4 is 4.57 Å². The molecule has 2 heterocycles. The first kappa shape index (κ1) is 22.4. The van der Waals surface area contributed by atoms with Crippen LogP contribution in [-0.2, 0) is 22.1 Å². The molecule has 1 aromatic heterocycles. The van der Waals surface area contributed by atoms with Gasteiger partial charge in [-0.15, -0.1) is 0 Å². The summed E-state index contributed by atoms with van der Waals surface area (Å²) in [7, 11) is -2.05. The summed E-state index contributed by atoms with van der Waals surface area (Å²) in [6.07, 6.45) is 7.50. The first-order valence-electron chi connectivity index (χ1n) is 10.9. The molecule has 0 saturated carbocycles. The number of fused-ring (bicyclic) bond motifs is 2. The van der Waals surface area contributed by atoms with Gasteiger partial charge < -0.3 is 4.55 Å². The van der Waals surface area contributed by atoms with Gasteiger partial charge in [0.05, 0.1) is 20.9 Å². The lowest BCUT2D eigenvalue weighted by Crippen LogP contribution is -2.35. The van der Waals surface area contributed by atoms with Gasteiger partial charge in [-0.1, -0.05) is 42.5 Å². The third-order valence-corrected chi connectivity index (χ3v) is 7.21. The van der Waals surface area contributed by atoms with Crippen LogP contribution in [0.3, 0.4) is 0 Å². The van der Waals surface area contributed by atoms with Crippen molar-refractivity contribution in [3.63, 3.8) is 0 Å². The Hall–Kier alpha value is -2.83. The van der Waals surface area contributed by atoms with E-state index in [1.165, 1.54) is 17.0 Å². The Bertz CT molecular complexity index is 1340. The molecule has 0 amide bonds. The van der Waals surface area contributed by atoms with Crippen LogP contribution in [0, 0.1) is 0 Å². The van der Waals surface area contributed by atoms with Crippen molar-refractivity contribution in [2.75, 3.05) is 12.8 Å². The molecule has 5 nitrogen and oxygen atoms in total. The minimum atomic E-state index is -4.19. The molecule has 0 unspecified atom stereocenters. The highest BCUT2D eigenvalue weighted by Gasteiger charge is 2.42. The summed E-state index contributed by atoms with van der Waals surface area (Å²) < 4.78 is 37.1. The fraction of sp³-hybridized carbons (Fsp3) is 0.308. The summed E-state index contributed by atoms with van der Waals surface area (Å²) in [5.74, 6) is -0.347. The third kappa shape index (κ3) is 4.38. The normalized spacial score (nSPS) is 15.6. The van der Waals surface area contributed by atoms with Crippen LogP contribution in [0.2, 0.25) is 0 Å². The summed E-state index contributed by atoms with van der Waals surface area (Å²) in [5.41, 5.74) is 6.12. The summed E-state index contributed by atoms with van der Waals surface area (Å²) in [4.78, 5) is 0. The quantitative estimate of drug-likeness (QED) is 0.402. The molecule has 32 heavy (non-hydrogen) atoms. The SMILES string of the molecule is C[N+]1=C(C/C=C/c2cc[n+](CCCS(=O)(=O)[O-])c3ccccc23)C(C)(C)c2ccccc21.